The minimum absolute atomic E-state index is 0.0164. The number of benzene rings is 2. The van der Waals surface area contributed by atoms with Crippen molar-refractivity contribution in [2.75, 3.05) is 24.5 Å². The second kappa shape index (κ2) is 11.7. The number of fused-ring (bicyclic) bond motifs is 1. The molecule has 0 aromatic heterocycles. The average molecular weight is 511 g/mol. The van der Waals surface area contributed by atoms with Crippen LogP contribution in [0.25, 0.3) is 0 Å². The fourth-order valence-electron chi connectivity index (χ4n) is 3.90. The van der Waals surface area contributed by atoms with Gasteiger partial charge in [0.25, 0.3) is 0 Å². The van der Waals surface area contributed by atoms with Gasteiger partial charge in [0.05, 0.1) is 6.42 Å². The highest BCUT2D eigenvalue weighted by Gasteiger charge is 2.30. The first-order chi connectivity index (χ1) is 17.3. The Hall–Kier alpha value is -3.55. The number of esters is 1. The smallest absolute Gasteiger partial charge is 0.410 e. The zero-order valence-corrected chi connectivity index (χ0v) is 22.7. The predicted octanol–water partition coefficient (Wildman–Crippen LogP) is 5.12. The van der Waals surface area contributed by atoms with Crippen LogP contribution in [0.2, 0.25) is 0 Å². The van der Waals surface area contributed by atoms with Gasteiger partial charge in [-0.25, -0.2) is 4.79 Å². The number of rotatable bonds is 8. The van der Waals surface area contributed by atoms with Crippen LogP contribution in [0.15, 0.2) is 48.5 Å². The van der Waals surface area contributed by atoms with Crippen LogP contribution in [0.3, 0.4) is 0 Å². The summed E-state index contributed by atoms with van der Waals surface area (Å²) >= 11 is 0. The van der Waals surface area contributed by atoms with Crippen molar-refractivity contribution in [1.29, 1.82) is 0 Å². The number of hydrogen-bond donors (Lipinski definition) is 0. The molecular formula is C29H38N2O6. The third kappa shape index (κ3) is 8.81. The number of carbonyl (C=O) groups excluding carboxylic acids is 3. The lowest BCUT2D eigenvalue weighted by Crippen LogP contribution is -2.45. The summed E-state index contributed by atoms with van der Waals surface area (Å²) < 4.78 is 16.8. The number of hydrogen-bond acceptors (Lipinski definition) is 6. The van der Waals surface area contributed by atoms with Crippen molar-refractivity contribution in [3.8, 4) is 5.75 Å². The molecule has 8 heteroatoms. The lowest BCUT2D eigenvalue weighted by molar-refractivity contribution is -0.155. The fraction of sp³-hybridized carbons (Fsp3) is 0.483. The zero-order valence-electron chi connectivity index (χ0n) is 22.7. The van der Waals surface area contributed by atoms with E-state index in [2.05, 4.69) is 0 Å². The van der Waals surface area contributed by atoms with Gasteiger partial charge in [0, 0.05) is 18.8 Å². The third-order valence-corrected chi connectivity index (χ3v) is 5.48. The Morgan fingerprint density at radius 2 is 1.59 bits per heavy atom. The molecule has 2 amide bonds. The van der Waals surface area contributed by atoms with Gasteiger partial charge in [-0.1, -0.05) is 30.3 Å². The van der Waals surface area contributed by atoms with E-state index >= 15 is 0 Å². The van der Waals surface area contributed by atoms with E-state index in [1.54, 1.807) is 46.4 Å². The highest BCUT2D eigenvalue weighted by Crippen LogP contribution is 2.32. The Labute approximate surface area is 219 Å². The molecule has 2 aromatic carbocycles. The van der Waals surface area contributed by atoms with Crippen molar-refractivity contribution in [3.63, 3.8) is 0 Å². The molecule has 0 atom stereocenters. The molecule has 200 valence electrons. The molecule has 0 saturated carbocycles. The summed E-state index contributed by atoms with van der Waals surface area (Å²) in [6.07, 6.45) is 0.00434. The molecule has 37 heavy (non-hydrogen) atoms. The topological polar surface area (TPSA) is 85.4 Å². The minimum atomic E-state index is -0.735. The Kier molecular flexibility index (Phi) is 8.84. The SMILES string of the molecule is CC(C)(C)OC(=O)CCN(CC(=O)N1CCc2cc(OCc3ccccc3)ccc21)C(=O)OC(C)(C)C. The van der Waals surface area contributed by atoms with Crippen molar-refractivity contribution >= 4 is 23.7 Å². The van der Waals surface area contributed by atoms with Crippen LogP contribution in [0.4, 0.5) is 10.5 Å². The molecule has 0 bridgehead atoms. The maximum absolute atomic E-state index is 13.3. The van der Waals surface area contributed by atoms with E-state index in [0.717, 1.165) is 22.6 Å². The minimum Gasteiger partial charge on any atom is -0.489 e. The quantitative estimate of drug-likeness (QED) is 0.458. The molecule has 1 heterocycles. The number of anilines is 1. The van der Waals surface area contributed by atoms with E-state index < -0.39 is 23.3 Å². The molecule has 0 spiro atoms. The van der Waals surface area contributed by atoms with Gasteiger partial charge in [-0.2, -0.15) is 0 Å². The highest BCUT2D eigenvalue weighted by molar-refractivity contribution is 5.98. The van der Waals surface area contributed by atoms with Crippen LogP contribution in [0.5, 0.6) is 5.75 Å². The van der Waals surface area contributed by atoms with Gasteiger partial charge >= 0.3 is 12.1 Å². The first-order valence-electron chi connectivity index (χ1n) is 12.6. The maximum atomic E-state index is 13.3. The Balaban J connectivity index is 1.66. The van der Waals surface area contributed by atoms with Crippen LogP contribution in [0.1, 0.15) is 59.1 Å². The molecule has 1 aliphatic rings. The first kappa shape index (κ1) is 28.0. The summed E-state index contributed by atoms with van der Waals surface area (Å²) in [6, 6.07) is 15.6. The predicted molar refractivity (Wildman–Crippen MR) is 142 cm³/mol. The van der Waals surface area contributed by atoms with Crippen LogP contribution >= 0.6 is 0 Å². The van der Waals surface area contributed by atoms with Gasteiger partial charge in [-0.15, -0.1) is 0 Å². The van der Waals surface area contributed by atoms with Gasteiger partial charge in [0.15, 0.2) is 0 Å². The molecule has 0 N–H and O–H groups in total. The van der Waals surface area contributed by atoms with Crippen molar-refractivity contribution in [2.24, 2.45) is 0 Å². The van der Waals surface area contributed by atoms with E-state index in [1.807, 2.05) is 48.5 Å². The van der Waals surface area contributed by atoms with Crippen LogP contribution in [0, 0.1) is 0 Å². The van der Waals surface area contributed by atoms with Crippen molar-refractivity contribution in [1.82, 2.24) is 4.90 Å². The molecule has 2 aromatic rings. The van der Waals surface area contributed by atoms with Crippen molar-refractivity contribution in [2.45, 2.75) is 72.2 Å². The standard InChI is InChI=1S/C29H38N2O6/c1-28(2,3)36-26(33)15-16-30(27(34)37-29(4,5)6)19-25(32)31-17-14-22-18-23(12-13-24(22)31)35-20-21-10-8-7-9-11-21/h7-13,18H,14-17,19-20H2,1-6H3. The summed E-state index contributed by atoms with van der Waals surface area (Å²) in [6.45, 7) is 11.4. The second-order valence-electron chi connectivity index (χ2n) is 11.1. The van der Waals surface area contributed by atoms with E-state index in [9.17, 15) is 14.4 Å². The second-order valence-corrected chi connectivity index (χ2v) is 11.1. The van der Waals surface area contributed by atoms with E-state index in [4.69, 9.17) is 14.2 Å². The molecule has 1 aliphatic heterocycles. The van der Waals surface area contributed by atoms with Gasteiger partial charge in [-0.05, 0) is 77.3 Å². The van der Waals surface area contributed by atoms with Gasteiger partial charge in [0.1, 0.15) is 30.1 Å². The van der Waals surface area contributed by atoms with Crippen LogP contribution in [-0.2, 0) is 32.1 Å². The molecule has 0 radical (unpaired) electrons. The maximum Gasteiger partial charge on any atom is 0.410 e. The monoisotopic (exact) mass is 510 g/mol. The molecule has 0 saturated heterocycles. The summed E-state index contributed by atoms with van der Waals surface area (Å²) in [5, 5.41) is 0. The molecule has 0 fully saturated rings. The average Bonchev–Trinajstić information content (AvgIpc) is 3.22. The lowest BCUT2D eigenvalue weighted by Gasteiger charge is -2.29. The summed E-state index contributed by atoms with van der Waals surface area (Å²) in [4.78, 5) is 41.3. The Bertz CT molecular complexity index is 1100. The number of ether oxygens (including phenoxy) is 3. The largest absolute Gasteiger partial charge is 0.489 e. The van der Waals surface area contributed by atoms with E-state index in [1.165, 1.54) is 4.90 Å². The summed E-state index contributed by atoms with van der Waals surface area (Å²) in [5.41, 5.74) is 1.52. The number of carbonyl (C=O) groups is 3. The molecule has 0 unspecified atom stereocenters. The van der Waals surface area contributed by atoms with Gasteiger partial charge in [0.2, 0.25) is 5.91 Å². The third-order valence-electron chi connectivity index (χ3n) is 5.48. The normalized spacial score (nSPS) is 13.1. The van der Waals surface area contributed by atoms with Crippen molar-refractivity contribution < 1.29 is 28.6 Å². The molecule has 8 nitrogen and oxygen atoms in total. The van der Waals surface area contributed by atoms with Gasteiger partial charge < -0.3 is 19.1 Å². The molecule has 0 aliphatic carbocycles. The van der Waals surface area contributed by atoms with Crippen LogP contribution < -0.4 is 9.64 Å². The first-order valence-corrected chi connectivity index (χ1v) is 12.6. The zero-order chi connectivity index (χ0) is 27.2. The van der Waals surface area contributed by atoms with E-state index in [0.29, 0.717) is 19.6 Å². The Morgan fingerprint density at radius 3 is 2.24 bits per heavy atom. The lowest BCUT2D eigenvalue weighted by atomic mass is 10.1. The molecule has 3 rings (SSSR count). The molecular weight excluding hydrogens is 472 g/mol. The number of amides is 2. The summed E-state index contributed by atoms with van der Waals surface area (Å²) in [7, 11) is 0. The van der Waals surface area contributed by atoms with Gasteiger partial charge in [-0.3, -0.25) is 14.5 Å². The van der Waals surface area contributed by atoms with E-state index in [-0.39, 0.29) is 25.4 Å². The fourth-order valence-corrected chi connectivity index (χ4v) is 3.90. The van der Waals surface area contributed by atoms with Crippen LogP contribution in [-0.4, -0.2) is 53.7 Å². The Morgan fingerprint density at radius 1 is 0.919 bits per heavy atom. The highest BCUT2D eigenvalue weighted by atomic mass is 16.6. The summed E-state index contributed by atoms with van der Waals surface area (Å²) in [5.74, 6) is 0.0551. The number of nitrogens with zero attached hydrogens (tertiary/aromatic N) is 2. The van der Waals surface area contributed by atoms with Crippen molar-refractivity contribution in [3.05, 3.63) is 59.7 Å².